The van der Waals surface area contributed by atoms with Gasteiger partial charge in [0.05, 0.1) is 0 Å². The summed E-state index contributed by atoms with van der Waals surface area (Å²) < 4.78 is 18.5. The second-order valence-corrected chi connectivity index (χ2v) is 7.69. The first-order chi connectivity index (χ1) is 11.2. The van der Waals surface area contributed by atoms with Gasteiger partial charge < -0.3 is 15.4 Å². The summed E-state index contributed by atoms with van der Waals surface area (Å²) in [7, 11) is 0. The number of ether oxygens (including phenoxy) is 1. The Hall–Kier alpha value is -2.11. The van der Waals surface area contributed by atoms with Crippen molar-refractivity contribution in [3.05, 3.63) is 35.6 Å². The molecule has 0 saturated heterocycles. The molecule has 1 aromatic rings. The van der Waals surface area contributed by atoms with Crippen LogP contribution in [0.1, 0.15) is 51.5 Å². The van der Waals surface area contributed by atoms with Gasteiger partial charge in [-0.2, -0.15) is 0 Å². The van der Waals surface area contributed by atoms with E-state index in [0.717, 1.165) is 12.0 Å². The molecule has 0 aromatic heterocycles. The molecule has 2 N–H and O–H groups in total. The van der Waals surface area contributed by atoms with Crippen LogP contribution in [0.25, 0.3) is 0 Å². The van der Waals surface area contributed by atoms with Crippen LogP contribution in [0.5, 0.6) is 0 Å². The van der Waals surface area contributed by atoms with Gasteiger partial charge in [-0.1, -0.05) is 12.1 Å². The fraction of sp³-hybridized carbons (Fsp3) is 0.556. The van der Waals surface area contributed by atoms with Gasteiger partial charge in [0.15, 0.2) is 0 Å². The third-order valence-corrected chi connectivity index (χ3v) is 4.31. The van der Waals surface area contributed by atoms with E-state index in [9.17, 15) is 14.0 Å². The van der Waals surface area contributed by atoms with Gasteiger partial charge in [-0.25, -0.2) is 9.18 Å². The van der Waals surface area contributed by atoms with Gasteiger partial charge in [0, 0.05) is 12.0 Å². The maximum Gasteiger partial charge on any atom is 0.408 e. The number of halogens is 1. The minimum Gasteiger partial charge on any atom is -0.444 e. The van der Waals surface area contributed by atoms with Gasteiger partial charge in [0.2, 0.25) is 5.91 Å². The zero-order valence-electron chi connectivity index (χ0n) is 14.2. The number of amides is 2. The first-order valence-corrected chi connectivity index (χ1v) is 8.26. The molecule has 2 saturated carbocycles. The maximum absolute atomic E-state index is 13.3. The molecule has 2 aliphatic rings. The van der Waals surface area contributed by atoms with Gasteiger partial charge in [-0.3, -0.25) is 4.79 Å². The van der Waals surface area contributed by atoms with Crippen molar-refractivity contribution in [2.75, 3.05) is 0 Å². The van der Waals surface area contributed by atoms with Crippen molar-refractivity contribution in [1.82, 2.24) is 10.6 Å². The predicted molar refractivity (Wildman–Crippen MR) is 87.0 cm³/mol. The van der Waals surface area contributed by atoms with Crippen LogP contribution in [0.15, 0.2) is 24.3 Å². The number of nitrogens with one attached hydrogen (secondary N) is 2. The van der Waals surface area contributed by atoms with Gasteiger partial charge in [0.25, 0.3) is 0 Å². The van der Waals surface area contributed by atoms with E-state index in [1.165, 1.54) is 12.1 Å². The van der Waals surface area contributed by atoms with Crippen LogP contribution in [0, 0.1) is 5.82 Å². The average Bonchev–Trinajstić information content (AvgIpc) is 3.33. The number of benzene rings is 1. The molecule has 3 rings (SSSR count). The van der Waals surface area contributed by atoms with Gasteiger partial charge in [-0.15, -0.1) is 0 Å². The van der Waals surface area contributed by atoms with Crippen LogP contribution in [0.3, 0.4) is 0 Å². The summed E-state index contributed by atoms with van der Waals surface area (Å²) in [4.78, 5) is 24.4. The van der Waals surface area contributed by atoms with Crippen molar-refractivity contribution in [2.45, 2.75) is 63.1 Å². The molecule has 0 spiro atoms. The molecule has 2 aliphatic carbocycles. The molecule has 5 nitrogen and oxygen atoms in total. The lowest BCUT2D eigenvalue weighted by Crippen LogP contribution is -2.50. The van der Waals surface area contributed by atoms with E-state index in [-0.39, 0.29) is 23.7 Å². The Labute approximate surface area is 141 Å². The van der Waals surface area contributed by atoms with E-state index in [2.05, 4.69) is 10.6 Å². The van der Waals surface area contributed by atoms with Crippen molar-refractivity contribution in [3.63, 3.8) is 0 Å². The molecular weight excluding hydrogens is 311 g/mol. The summed E-state index contributed by atoms with van der Waals surface area (Å²) >= 11 is 0. The first kappa shape index (κ1) is 16.7. The maximum atomic E-state index is 13.3. The van der Waals surface area contributed by atoms with Crippen molar-refractivity contribution in [3.8, 4) is 0 Å². The van der Waals surface area contributed by atoms with E-state index < -0.39 is 17.2 Å². The highest BCUT2D eigenvalue weighted by molar-refractivity contribution is 5.93. The Morgan fingerprint density at radius 1 is 1.29 bits per heavy atom. The standard InChI is InChI=1S/C18H23FN2O3/c1-17(2,3)24-16(23)21-18(7-8-18)15(22)20-14-10-13(14)11-5-4-6-12(19)9-11/h4-6,9,13-14H,7-8,10H2,1-3H3,(H,20,22)(H,21,23)/t13-,14+/m1/s1. The number of carbonyl (C=O) groups excluding carboxylic acids is 2. The van der Waals surface area contributed by atoms with E-state index in [1.807, 2.05) is 6.07 Å². The van der Waals surface area contributed by atoms with Crippen LogP contribution in [0.2, 0.25) is 0 Å². The van der Waals surface area contributed by atoms with Gasteiger partial charge in [0.1, 0.15) is 17.0 Å². The molecule has 0 bridgehead atoms. The van der Waals surface area contributed by atoms with E-state index in [0.29, 0.717) is 12.8 Å². The number of alkyl carbamates (subject to hydrolysis) is 1. The van der Waals surface area contributed by atoms with Gasteiger partial charge in [-0.05, 0) is 57.7 Å². The normalized spacial score (nSPS) is 24.0. The van der Waals surface area contributed by atoms with Crippen LogP contribution < -0.4 is 10.6 Å². The van der Waals surface area contributed by atoms with Crippen LogP contribution >= 0.6 is 0 Å². The number of rotatable bonds is 4. The van der Waals surface area contributed by atoms with Crippen molar-refractivity contribution in [2.24, 2.45) is 0 Å². The van der Waals surface area contributed by atoms with Crippen molar-refractivity contribution < 1.29 is 18.7 Å². The summed E-state index contributed by atoms with van der Waals surface area (Å²) in [6, 6.07) is 6.45. The smallest absolute Gasteiger partial charge is 0.408 e. The van der Waals surface area contributed by atoms with E-state index in [1.54, 1.807) is 26.8 Å². The molecule has 0 unspecified atom stereocenters. The highest BCUT2D eigenvalue weighted by Gasteiger charge is 2.54. The summed E-state index contributed by atoms with van der Waals surface area (Å²) in [5.41, 5.74) is -0.558. The monoisotopic (exact) mass is 334 g/mol. The average molecular weight is 334 g/mol. The van der Waals surface area contributed by atoms with Crippen LogP contribution in [0.4, 0.5) is 9.18 Å². The Balaban J connectivity index is 1.53. The van der Waals surface area contributed by atoms with Gasteiger partial charge >= 0.3 is 6.09 Å². The highest BCUT2D eigenvalue weighted by atomic mass is 19.1. The molecule has 24 heavy (non-hydrogen) atoms. The molecule has 2 atom stereocenters. The summed E-state index contributed by atoms with van der Waals surface area (Å²) in [5.74, 6) is -0.311. The molecule has 0 radical (unpaired) electrons. The first-order valence-electron chi connectivity index (χ1n) is 8.26. The minimum absolute atomic E-state index is 0.00258. The third kappa shape index (κ3) is 3.86. The summed E-state index contributed by atoms with van der Waals surface area (Å²) in [6.45, 7) is 5.33. The summed E-state index contributed by atoms with van der Waals surface area (Å²) in [6.07, 6.45) is 1.43. The minimum atomic E-state index is -0.850. The second-order valence-electron chi connectivity index (χ2n) is 7.69. The third-order valence-electron chi connectivity index (χ3n) is 4.31. The Kier molecular flexibility index (Phi) is 4.01. The molecule has 2 amide bonds. The zero-order chi connectivity index (χ0) is 17.5. The lowest BCUT2D eigenvalue weighted by Gasteiger charge is -2.23. The fourth-order valence-corrected chi connectivity index (χ4v) is 2.80. The van der Waals surface area contributed by atoms with Crippen LogP contribution in [-0.4, -0.2) is 29.2 Å². The lowest BCUT2D eigenvalue weighted by atomic mass is 10.1. The quantitative estimate of drug-likeness (QED) is 0.890. The molecular formula is C18H23FN2O3. The Morgan fingerprint density at radius 2 is 2.00 bits per heavy atom. The Morgan fingerprint density at radius 3 is 2.58 bits per heavy atom. The fourth-order valence-electron chi connectivity index (χ4n) is 2.80. The largest absolute Gasteiger partial charge is 0.444 e. The lowest BCUT2D eigenvalue weighted by molar-refractivity contribution is -0.124. The number of hydrogen-bond acceptors (Lipinski definition) is 3. The molecule has 2 fully saturated rings. The van der Waals surface area contributed by atoms with E-state index in [4.69, 9.17) is 4.74 Å². The van der Waals surface area contributed by atoms with E-state index >= 15 is 0 Å². The Bertz CT molecular complexity index is 664. The van der Waals surface area contributed by atoms with Crippen LogP contribution in [-0.2, 0) is 9.53 Å². The molecule has 0 aliphatic heterocycles. The molecule has 6 heteroatoms. The summed E-state index contributed by atoms with van der Waals surface area (Å²) in [5, 5.41) is 5.65. The molecule has 1 aromatic carbocycles. The number of hydrogen-bond donors (Lipinski definition) is 2. The zero-order valence-corrected chi connectivity index (χ0v) is 14.2. The predicted octanol–water partition coefficient (Wildman–Crippen LogP) is 2.86. The topological polar surface area (TPSA) is 67.4 Å². The second kappa shape index (κ2) is 5.76. The molecule has 0 heterocycles. The number of carbonyl (C=O) groups is 2. The highest BCUT2D eigenvalue weighted by Crippen LogP contribution is 2.43. The van der Waals surface area contributed by atoms with Crippen molar-refractivity contribution in [1.29, 1.82) is 0 Å². The van der Waals surface area contributed by atoms with Crippen molar-refractivity contribution >= 4 is 12.0 Å². The SMILES string of the molecule is CC(C)(C)OC(=O)NC1(C(=O)N[C@H]2C[C@@H]2c2cccc(F)c2)CC1. The molecule has 130 valence electrons.